The van der Waals surface area contributed by atoms with Gasteiger partial charge in [0.15, 0.2) is 0 Å². The first kappa shape index (κ1) is 9.53. The Morgan fingerprint density at radius 2 is 2.14 bits per heavy atom. The van der Waals surface area contributed by atoms with Gasteiger partial charge in [-0.3, -0.25) is 4.90 Å². The van der Waals surface area contributed by atoms with Crippen LogP contribution in [0.2, 0.25) is 0 Å². The standard InChI is InChI=1S/C12H18N2/c1-9(2)14-7-6-11-10(8-14)4-3-5-12(11)13/h3-5,9H,6-8,13H2,1-2H3. The van der Waals surface area contributed by atoms with E-state index in [0.717, 1.165) is 25.2 Å². The molecule has 0 spiro atoms. The molecule has 0 aromatic heterocycles. The fourth-order valence-electron chi connectivity index (χ4n) is 2.10. The van der Waals surface area contributed by atoms with E-state index in [9.17, 15) is 0 Å². The Kier molecular flexibility index (Phi) is 2.46. The zero-order chi connectivity index (χ0) is 10.1. The van der Waals surface area contributed by atoms with Crippen molar-refractivity contribution in [1.29, 1.82) is 0 Å². The van der Waals surface area contributed by atoms with Gasteiger partial charge in [0.05, 0.1) is 0 Å². The summed E-state index contributed by atoms with van der Waals surface area (Å²) in [6.45, 7) is 6.69. The topological polar surface area (TPSA) is 29.3 Å². The van der Waals surface area contributed by atoms with Gasteiger partial charge in [-0.15, -0.1) is 0 Å². The second kappa shape index (κ2) is 3.62. The summed E-state index contributed by atoms with van der Waals surface area (Å²) in [4.78, 5) is 2.49. The van der Waals surface area contributed by atoms with Crippen molar-refractivity contribution in [2.24, 2.45) is 0 Å². The molecule has 2 nitrogen and oxygen atoms in total. The van der Waals surface area contributed by atoms with Crippen molar-refractivity contribution in [3.05, 3.63) is 29.3 Å². The number of hydrogen-bond donors (Lipinski definition) is 1. The van der Waals surface area contributed by atoms with E-state index in [4.69, 9.17) is 5.73 Å². The van der Waals surface area contributed by atoms with E-state index in [1.165, 1.54) is 11.1 Å². The third kappa shape index (κ3) is 1.62. The Morgan fingerprint density at radius 3 is 2.86 bits per heavy atom. The maximum absolute atomic E-state index is 5.94. The van der Waals surface area contributed by atoms with Gasteiger partial charge < -0.3 is 5.73 Å². The predicted molar refractivity (Wildman–Crippen MR) is 60.1 cm³/mol. The molecule has 0 bridgehead atoms. The second-order valence-electron chi connectivity index (χ2n) is 4.30. The average molecular weight is 190 g/mol. The van der Waals surface area contributed by atoms with Gasteiger partial charge >= 0.3 is 0 Å². The number of nitrogens with zero attached hydrogens (tertiary/aromatic N) is 1. The van der Waals surface area contributed by atoms with E-state index in [1.54, 1.807) is 0 Å². The lowest BCUT2D eigenvalue weighted by atomic mass is 9.97. The Bertz CT molecular complexity index is 331. The molecule has 2 heteroatoms. The number of nitrogens with two attached hydrogens (primary N) is 1. The molecule has 0 amide bonds. The maximum Gasteiger partial charge on any atom is 0.0350 e. The smallest absolute Gasteiger partial charge is 0.0350 e. The lowest BCUT2D eigenvalue weighted by Crippen LogP contribution is -2.36. The van der Waals surface area contributed by atoms with Crippen molar-refractivity contribution in [1.82, 2.24) is 4.90 Å². The fourth-order valence-corrected chi connectivity index (χ4v) is 2.10. The third-order valence-corrected chi connectivity index (χ3v) is 3.06. The highest BCUT2D eigenvalue weighted by molar-refractivity contribution is 5.51. The molecule has 2 N–H and O–H groups in total. The van der Waals surface area contributed by atoms with Crippen LogP contribution in [0.4, 0.5) is 5.69 Å². The van der Waals surface area contributed by atoms with Crippen molar-refractivity contribution in [2.75, 3.05) is 12.3 Å². The van der Waals surface area contributed by atoms with E-state index in [2.05, 4.69) is 30.9 Å². The van der Waals surface area contributed by atoms with Crippen LogP contribution in [0, 0.1) is 0 Å². The Morgan fingerprint density at radius 1 is 1.36 bits per heavy atom. The summed E-state index contributed by atoms with van der Waals surface area (Å²) in [7, 11) is 0. The number of nitrogen functional groups attached to an aromatic ring is 1. The zero-order valence-electron chi connectivity index (χ0n) is 8.96. The van der Waals surface area contributed by atoms with E-state index >= 15 is 0 Å². The molecule has 0 unspecified atom stereocenters. The van der Waals surface area contributed by atoms with Crippen molar-refractivity contribution in [3.63, 3.8) is 0 Å². The molecule has 0 saturated carbocycles. The van der Waals surface area contributed by atoms with Crippen LogP contribution in [0.1, 0.15) is 25.0 Å². The molecule has 1 aliphatic heterocycles. The van der Waals surface area contributed by atoms with Crippen LogP contribution in [-0.4, -0.2) is 17.5 Å². The van der Waals surface area contributed by atoms with Gasteiger partial charge in [-0.2, -0.15) is 0 Å². The van der Waals surface area contributed by atoms with Gasteiger partial charge in [-0.25, -0.2) is 0 Å². The quantitative estimate of drug-likeness (QED) is 0.687. The van der Waals surface area contributed by atoms with Gasteiger partial charge in [-0.05, 0) is 37.5 Å². The van der Waals surface area contributed by atoms with Crippen molar-refractivity contribution in [2.45, 2.75) is 32.9 Å². The van der Waals surface area contributed by atoms with Crippen LogP contribution in [0.5, 0.6) is 0 Å². The van der Waals surface area contributed by atoms with Gasteiger partial charge in [0, 0.05) is 24.8 Å². The van der Waals surface area contributed by atoms with Crippen molar-refractivity contribution >= 4 is 5.69 Å². The summed E-state index contributed by atoms with van der Waals surface area (Å²) >= 11 is 0. The fraction of sp³-hybridized carbons (Fsp3) is 0.500. The number of benzene rings is 1. The van der Waals surface area contributed by atoms with Gasteiger partial charge in [0.2, 0.25) is 0 Å². The predicted octanol–water partition coefficient (Wildman–Crippen LogP) is 2.04. The number of rotatable bonds is 1. The molecule has 0 aliphatic carbocycles. The summed E-state index contributed by atoms with van der Waals surface area (Å²) in [6, 6.07) is 6.88. The molecule has 1 aliphatic rings. The first-order chi connectivity index (χ1) is 6.68. The summed E-state index contributed by atoms with van der Waals surface area (Å²) < 4.78 is 0. The molecule has 76 valence electrons. The number of hydrogen-bond acceptors (Lipinski definition) is 2. The van der Waals surface area contributed by atoms with Crippen LogP contribution >= 0.6 is 0 Å². The molecule has 0 saturated heterocycles. The molecule has 14 heavy (non-hydrogen) atoms. The van der Waals surface area contributed by atoms with Crippen molar-refractivity contribution < 1.29 is 0 Å². The Balaban J connectivity index is 2.27. The second-order valence-corrected chi connectivity index (χ2v) is 4.30. The molecular formula is C12H18N2. The molecule has 1 aromatic carbocycles. The normalized spacial score (nSPS) is 17.1. The first-order valence-electron chi connectivity index (χ1n) is 5.29. The molecular weight excluding hydrogens is 172 g/mol. The minimum Gasteiger partial charge on any atom is -0.398 e. The summed E-state index contributed by atoms with van der Waals surface area (Å²) in [5, 5.41) is 0. The lowest BCUT2D eigenvalue weighted by molar-refractivity contribution is 0.203. The highest BCUT2D eigenvalue weighted by atomic mass is 15.1. The van der Waals surface area contributed by atoms with E-state index in [-0.39, 0.29) is 0 Å². The molecule has 0 radical (unpaired) electrons. The van der Waals surface area contributed by atoms with Crippen LogP contribution in [-0.2, 0) is 13.0 Å². The largest absolute Gasteiger partial charge is 0.398 e. The van der Waals surface area contributed by atoms with E-state index in [0.29, 0.717) is 6.04 Å². The molecule has 0 atom stereocenters. The van der Waals surface area contributed by atoms with Crippen LogP contribution < -0.4 is 5.73 Å². The molecule has 1 aromatic rings. The Labute approximate surface area is 85.7 Å². The highest BCUT2D eigenvalue weighted by Crippen LogP contribution is 2.24. The molecule has 2 rings (SSSR count). The summed E-state index contributed by atoms with van der Waals surface area (Å²) in [6.07, 6.45) is 1.10. The summed E-state index contributed by atoms with van der Waals surface area (Å²) in [5.41, 5.74) is 9.68. The average Bonchev–Trinajstić information content (AvgIpc) is 2.17. The lowest BCUT2D eigenvalue weighted by Gasteiger charge is -2.32. The summed E-state index contributed by atoms with van der Waals surface area (Å²) in [5.74, 6) is 0. The SMILES string of the molecule is CC(C)N1CCc2c(N)cccc2C1. The van der Waals surface area contributed by atoms with Gasteiger partial charge in [0.1, 0.15) is 0 Å². The third-order valence-electron chi connectivity index (χ3n) is 3.06. The Hall–Kier alpha value is -1.02. The van der Waals surface area contributed by atoms with Crippen LogP contribution in [0.3, 0.4) is 0 Å². The van der Waals surface area contributed by atoms with Crippen LogP contribution in [0.25, 0.3) is 0 Å². The van der Waals surface area contributed by atoms with E-state index in [1.807, 2.05) is 6.07 Å². The van der Waals surface area contributed by atoms with Crippen LogP contribution in [0.15, 0.2) is 18.2 Å². The van der Waals surface area contributed by atoms with Gasteiger partial charge in [0.25, 0.3) is 0 Å². The van der Waals surface area contributed by atoms with Gasteiger partial charge in [-0.1, -0.05) is 12.1 Å². The monoisotopic (exact) mass is 190 g/mol. The van der Waals surface area contributed by atoms with E-state index < -0.39 is 0 Å². The zero-order valence-corrected chi connectivity index (χ0v) is 8.96. The number of anilines is 1. The molecule has 0 fully saturated rings. The minimum absolute atomic E-state index is 0.629. The highest BCUT2D eigenvalue weighted by Gasteiger charge is 2.19. The first-order valence-corrected chi connectivity index (χ1v) is 5.29. The maximum atomic E-state index is 5.94. The number of fused-ring (bicyclic) bond motifs is 1. The minimum atomic E-state index is 0.629. The van der Waals surface area contributed by atoms with Crippen molar-refractivity contribution in [3.8, 4) is 0 Å². The molecule has 1 heterocycles.